The van der Waals surface area contributed by atoms with Crippen molar-refractivity contribution < 1.29 is 9.18 Å². The number of nitrogens with one attached hydrogen (secondary N) is 1. The lowest BCUT2D eigenvalue weighted by atomic mass is 10.1. The topological polar surface area (TPSA) is 46.9 Å². The van der Waals surface area contributed by atoms with Crippen LogP contribution in [0.3, 0.4) is 0 Å². The summed E-state index contributed by atoms with van der Waals surface area (Å²) >= 11 is 0. The molecule has 0 bridgehead atoms. The molecule has 4 rings (SSSR count). The summed E-state index contributed by atoms with van der Waals surface area (Å²) in [6.07, 6.45) is 0.932. The Bertz CT molecular complexity index is 1180. The molecule has 3 aromatic carbocycles. The summed E-state index contributed by atoms with van der Waals surface area (Å²) in [6.45, 7) is 2.89. The van der Waals surface area contributed by atoms with E-state index >= 15 is 0 Å². The van der Waals surface area contributed by atoms with Crippen LogP contribution >= 0.6 is 0 Å². The Morgan fingerprint density at radius 1 is 0.967 bits per heavy atom. The van der Waals surface area contributed by atoms with Crippen molar-refractivity contribution in [3.8, 4) is 0 Å². The third kappa shape index (κ3) is 4.40. The van der Waals surface area contributed by atoms with Gasteiger partial charge in [-0.3, -0.25) is 4.79 Å². The maximum absolute atomic E-state index is 14.2. The number of amides is 1. The average molecular weight is 401 g/mol. The fraction of sp³-hybridized carbons (Fsp3) is 0.200. The highest BCUT2D eigenvalue weighted by Gasteiger charge is 2.13. The van der Waals surface area contributed by atoms with Crippen LogP contribution in [0.4, 0.5) is 4.39 Å². The Morgan fingerprint density at radius 2 is 1.67 bits per heavy atom. The lowest BCUT2D eigenvalue weighted by molar-refractivity contribution is -0.120. The molecule has 30 heavy (non-hydrogen) atoms. The molecule has 4 aromatic rings. The van der Waals surface area contributed by atoms with Crippen LogP contribution < -0.4 is 5.32 Å². The minimum Gasteiger partial charge on any atom is -0.355 e. The van der Waals surface area contributed by atoms with E-state index in [2.05, 4.69) is 5.32 Å². The molecule has 5 heteroatoms. The van der Waals surface area contributed by atoms with Crippen molar-refractivity contribution in [2.45, 2.75) is 26.3 Å². The summed E-state index contributed by atoms with van der Waals surface area (Å²) in [4.78, 5) is 17.1. The van der Waals surface area contributed by atoms with Gasteiger partial charge in [0, 0.05) is 18.5 Å². The number of rotatable bonds is 7. The number of hydrogen-bond acceptors (Lipinski definition) is 2. The summed E-state index contributed by atoms with van der Waals surface area (Å²) < 4.78 is 16.2. The molecule has 0 aliphatic rings. The van der Waals surface area contributed by atoms with E-state index in [1.165, 1.54) is 6.07 Å². The molecule has 0 saturated carbocycles. The zero-order chi connectivity index (χ0) is 20.9. The Kier molecular flexibility index (Phi) is 5.89. The molecule has 0 aliphatic carbocycles. The third-order valence-electron chi connectivity index (χ3n) is 5.30. The second-order valence-corrected chi connectivity index (χ2v) is 7.40. The van der Waals surface area contributed by atoms with Gasteiger partial charge in [-0.15, -0.1) is 0 Å². The van der Waals surface area contributed by atoms with Gasteiger partial charge in [-0.05, 0) is 36.2 Å². The standard InChI is InChI=1S/C25H24FN3O/c1-18-8-2-3-9-19(18)16-25(30)27-15-14-24-28-22-12-6-7-13-23(22)29(24)17-20-10-4-5-11-21(20)26/h2-13H,14-17H2,1H3,(H,27,30). The van der Waals surface area contributed by atoms with Crippen molar-refractivity contribution in [3.05, 3.63) is 101 Å². The molecule has 1 N–H and O–H groups in total. The molecule has 0 radical (unpaired) electrons. The number of fused-ring (bicyclic) bond motifs is 1. The molecular formula is C25H24FN3O. The zero-order valence-corrected chi connectivity index (χ0v) is 16.9. The van der Waals surface area contributed by atoms with Gasteiger partial charge >= 0.3 is 0 Å². The summed E-state index contributed by atoms with van der Waals surface area (Å²) in [5, 5.41) is 2.99. The second-order valence-electron chi connectivity index (χ2n) is 7.40. The molecule has 1 aromatic heterocycles. The molecule has 152 valence electrons. The second kappa shape index (κ2) is 8.91. The van der Waals surface area contributed by atoms with Gasteiger partial charge < -0.3 is 9.88 Å². The molecular weight excluding hydrogens is 377 g/mol. The molecule has 0 fully saturated rings. The maximum Gasteiger partial charge on any atom is 0.224 e. The Morgan fingerprint density at radius 3 is 2.47 bits per heavy atom. The summed E-state index contributed by atoms with van der Waals surface area (Å²) in [5.74, 6) is 0.587. The highest BCUT2D eigenvalue weighted by atomic mass is 19.1. The molecule has 0 saturated heterocycles. The van der Waals surface area contributed by atoms with E-state index in [0.717, 1.165) is 28.0 Å². The molecule has 0 unspecified atom stereocenters. The number of imidazole rings is 1. The normalized spacial score (nSPS) is 11.0. The number of halogens is 1. The van der Waals surface area contributed by atoms with Crippen molar-refractivity contribution in [2.75, 3.05) is 6.54 Å². The number of nitrogens with zero attached hydrogens (tertiary/aromatic N) is 2. The molecule has 1 amide bonds. The highest BCUT2D eigenvalue weighted by Crippen LogP contribution is 2.19. The van der Waals surface area contributed by atoms with Crippen LogP contribution in [0.25, 0.3) is 11.0 Å². The predicted molar refractivity (Wildman–Crippen MR) is 117 cm³/mol. The van der Waals surface area contributed by atoms with Crippen molar-refractivity contribution >= 4 is 16.9 Å². The Balaban J connectivity index is 1.48. The van der Waals surface area contributed by atoms with Gasteiger partial charge in [-0.2, -0.15) is 0 Å². The quantitative estimate of drug-likeness (QED) is 0.498. The first-order valence-electron chi connectivity index (χ1n) is 10.1. The lowest BCUT2D eigenvalue weighted by Gasteiger charge is -2.11. The largest absolute Gasteiger partial charge is 0.355 e. The average Bonchev–Trinajstić information content (AvgIpc) is 3.09. The summed E-state index contributed by atoms with van der Waals surface area (Å²) in [7, 11) is 0. The van der Waals surface area contributed by atoms with Gasteiger partial charge in [0.1, 0.15) is 11.6 Å². The number of aryl methyl sites for hydroxylation is 1. The Labute approximate surface area is 175 Å². The first-order valence-corrected chi connectivity index (χ1v) is 10.1. The zero-order valence-electron chi connectivity index (χ0n) is 16.9. The van der Waals surface area contributed by atoms with Crippen molar-refractivity contribution in [1.82, 2.24) is 14.9 Å². The van der Waals surface area contributed by atoms with Crippen LogP contribution in [0.1, 0.15) is 22.5 Å². The van der Waals surface area contributed by atoms with Gasteiger partial charge in [0.15, 0.2) is 0 Å². The van der Waals surface area contributed by atoms with E-state index in [0.29, 0.717) is 31.5 Å². The molecule has 0 spiro atoms. The van der Waals surface area contributed by atoms with E-state index in [4.69, 9.17) is 4.98 Å². The minimum absolute atomic E-state index is 0.0129. The van der Waals surface area contributed by atoms with Crippen molar-refractivity contribution in [3.63, 3.8) is 0 Å². The maximum atomic E-state index is 14.2. The van der Waals surface area contributed by atoms with Crippen LogP contribution in [-0.2, 0) is 24.2 Å². The summed E-state index contributed by atoms with van der Waals surface area (Å²) in [6, 6.07) is 22.5. The van der Waals surface area contributed by atoms with Gasteiger partial charge in [-0.25, -0.2) is 9.37 Å². The van der Waals surface area contributed by atoms with Gasteiger partial charge in [0.25, 0.3) is 0 Å². The SMILES string of the molecule is Cc1ccccc1CC(=O)NCCc1nc2ccccc2n1Cc1ccccc1F. The molecule has 0 aliphatic heterocycles. The van der Waals surface area contributed by atoms with Crippen molar-refractivity contribution in [2.24, 2.45) is 0 Å². The number of carbonyl (C=O) groups is 1. The molecule has 0 atom stereocenters. The van der Waals surface area contributed by atoms with Crippen LogP contribution in [0.15, 0.2) is 72.8 Å². The van der Waals surface area contributed by atoms with Crippen LogP contribution in [-0.4, -0.2) is 22.0 Å². The van der Waals surface area contributed by atoms with E-state index in [1.807, 2.05) is 66.1 Å². The summed E-state index contributed by atoms with van der Waals surface area (Å²) in [5.41, 5.74) is 4.59. The molecule has 4 nitrogen and oxygen atoms in total. The first-order chi connectivity index (χ1) is 14.6. The molecule has 1 heterocycles. The number of para-hydroxylation sites is 2. The smallest absolute Gasteiger partial charge is 0.224 e. The van der Waals surface area contributed by atoms with E-state index in [-0.39, 0.29) is 11.7 Å². The van der Waals surface area contributed by atoms with E-state index < -0.39 is 0 Å². The monoisotopic (exact) mass is 401 g/mol. The van der Waals surface area contributed by atoms with Crippen LogP contribution in [0.2, 0.25) is 0 Å². The third-order valence-corrected chi connectivity index (χ3v) is 5.30. The van der Waals surface area contributed by atoms with E-state index in [1.54, 1.807) is 12.1 Å². The van der Waals surface area contributed by atoms with Gasteiger partial charge in [-0.1, -0.05) is 54.6 Å². The van der Waals surface area contributed by atoms with Gasteiger partial charge in [0.2, 0.25) is 5.91 Å². The number of aromatic nitrogens is 2. The first kappa shape index (κ1) is 19.8. The van der Waals surface area contributed by atoms with Crippen LogP contribution in [0.5, 0.6) is 0 Å². The fourth-order valence-corrected chi connectivity index (χ4v) is 3.65. The van der Waals surface area contributed by atoms with Crippen molar-refractivity contribution in [1.29, 1.82) is 0 Å². The predicted octanol–water partition coefficient (Wildman–Crippen LogP) is 4.43. The van der Waals surface area contributed by atoms with Gasteiger partial charge in [0.05, 0.1) is 24.0 Å². The lowest BCUT2D eigenvalue weighted by Crippen LogP contribution is -2.28. The van der Waals surface area contributed by atoms with Crippen LogP contribution in [0, 0.1) is 12.7 Å². The fourth-order valence-electron chi connectivity index (χ4n) is 3.65. The van der Waals surface area contributed by atoms with E-state index in [9.17, 15) is 9.18 Å². The Hall–Kier alpha value is -3.47. The highest BCUT2D eigenvalue weighted by molar-refractivity contribution is 5.79. The number of hydrogen-bond donors (Lipinski definition) is 1. The number of carbonyl (C=O) groups excluding carboxylic acids is 1. The number of benzene rings is 3. The minimum atomic E-state index is -0.229.